The number of rotatable bonds is 3. The molecule has 22 heavy (non-hydrogen) atoms. The summed E-state index contributed by atoms with van der Waals surface area (Å²) in [6.07, 6.45) is 2.41. The van der Waals surface area contributed by atoms with E-state index in [4.69, 9.17) is 9.61 Å². The van der Waals surface area contributed by atoms with Crippen molar-refractivity contribution in [2.75, 3.05) is 13.1 Å². The molecule has 4 rings (SSSR count). The lowest BCUT2D eigenvalue weighted by atomic mass is 9.98. The number of hydrogen-bond donors (Lipinski definition) is 0. The fraction of sp³-hybridized carbons (Fsp3) is 0.438. The number of piperidine rings is 1. The predicted molar refractivity (Wildman–Crippen MR) is 85.9 cm³/mol. The highest BCUT2D eigenvalue weighted by molar-refractivity contribution is 7.18. The summed E-state index contributed by atoms with van der Waals surface area (Å²) < 4.78 is 6.08. The second-order valence-corrected chi connectivity index (χ2v) is 6.95. The number of aromatic nitrogens is 3. The molecule has 0 spiro atoms. The van der Waals surface area contributed by atoms with Crippen LogP contribution in [-0.2, 0) is 6.54 Å². The van der Waals surface area contributed by atoms with Gasteiger partial charge in [0.15, 0.2) is 0 Å². The van der Waals surface area contributed by atoms with Gasteiger partial charge in [0.1, 0.15) is 11.4 Å². The van der Waals surface area contributed by atoms with Gasteiger partial charge < -0.3 is 0 Å². The van der Waals surface area contributed by atoms with Crippen LogP contribution in [0.5, 0.6) is 0 Å². The molecule has 0 N–H and O–H groups in total. The van der Waals surface area contributed by atoms with Crippen LogP contribution in [0.1, 0.15) is 35.2 Å². The lowest BCUT2D eigenvalue weighted by molar-refractivity contribution is 0.193. The molecule has 5 nitrogen and oxygen atoms in total. The molecule has 0 bridgehead atoms. The van der Waals surface area contributed by atoms with Crippen LogP contribution in [-0.4, -0.2) is 33.3 Å². The third kappa shape index (κ3) is 2.64. The zero-order chi connectivity index (χ0) is 14.9. The second-order valence-electron chi connectivity index (χ2n) is 5.89. The summed E-state index contributed by atoms with van der Waals surface area (Å²) in [5.41, 5.74) is 2.96. The van der Waals surface area contributed by atoms with E-state index in [1.54, 1.807) is 0 Å². The summed E-state index contributed by atoms with van der Waals surface area (Å²) in [5, 5.41) is 9.13. The molecule has 1 fully saturated rings. The molecule has 2 aromatic heterocycles. The normalized spacial score (nSPS) is 19.8. The topological polar surface area (TPSA) is 55.1 Å². The minimum absolute atomic E-state index is 0.520. The van der Waals surface area contributed by atoms with Crippen molar-refractivity contribution in [2.45, 2.75) is 32.2 Å². The first-order valence-electron chi connectivity index (χ1n) is 7.65. The maximum absolute atomic E-state index is 4.83. The molecule has 114 valence electrons. The van der Waals surface area contributed by atoms with E-state index in [1.165, 1.54) is 22.5 Å². The van der Waals surface area contributed by atoms with E-state index < -0.39 is 0 Å². The molecule has 0 radical (unpaired) electrons. The molecule has 1 atom stereocenters. The van der Waals surface area contributed by atoms with E-state index in [-0.39, 0.29) is 0 Å². The largest absolute Gasteiger partial charge is 0.297 e. The molecule has 1 saturated heterocycles. The van der Waals surface area contributed by atoms with Crippen LogP contribution < -0.4 is 0 Å². The van der Waals surface area contributed by atoms with E-state index in [0.717, 1.165) is 36.5 Å². The molecule has 1 aliphatic heterocycles. The number of benzene rings is 1. The van der Waals surface area contributed by atoms with Gasteiger partial charge in [-0.1, -0.05) is 22.4 Å². The molecule has 0 aliphatic carbocycles. The van der Waals surface area contributed by atoms with E-state index >= 15 is 0 Å². The molecule has 1 aromatic carbocycles. The Kier molecular flexibility index (Phi) is 3.63. The number of fused-ring (bicyclic) bond motifs is 1. The molecule has 3 aromatic rings. The fourth-order valence-corrected chi connectivity index (χ4v) is 4.16. The highest BCUT2D eigenvalue weighted by Gasteiger charge is 2.25. The third-order valence-corrected chi connectivity index (χ3v) is 5.48. The summed E-state index contributed by atoms with van der Waals surface area (Å²) >= 11 is 1.83. The first-order chi connectivity index (χ1) is 10.8. The van der Waals surface area contributed by atoms with Crippen molar-refractivity contribution in [2.24, 2.45) is 0 Å². The average molecular weight is 314 g/mol. The van der Waals surface area contributed by atoms with Crippen molar-refractivity contribution < 1.29 is 4.63 Å². The average Bonchev–Trinajstić information content (AvgIpc) is 3.14. The number of likely N-dealkylation sites (tertiary alicyclic amines) is 1. The smallest absolute Gasteiger partial charge is 0.122 e. The molecule has 1 aliphatic rings. The van der Waals surface area contributed by atoms with Gasteiger partial charge in [-0.2, -0.15) is 0 Å². The quantitative estimate of drug-likeness (QED) is 0.742. The molecule has 0 amide bonds. The highest BCUT2D eigenvalue weighted by Crippen LogP contribution is 2.33. The highest BCUT2D eigenvalue weighted by atomic mass is 32.1. The van der Waals surface area contributed by atoms with Crippen molar-refractivity contribution in [1.82, 2.24) is 20.2 Å². The molecular formula is C16H18N4OS. The van der Waals surface area contributed by atoms with Crippen molar-refractivity contribution in [3.8, 4) is 0 Å². The van der Waals surface area contributed by atoms with Crippen molar-refractivity contribution >= 4 is 21.6 Å². The van der Waals surface area contributed by atoms with E-state index in [1.807, 2.05) is 18.3 Å². The summed E-state index contributed by atoms with van der Waals surface area (Å²) in [4.78, 5) is 7.27. The predicted octanol–water partition coefficient (Wildman–Crippen LogP) is 3.37. The van der Waals surface area contributed by atoms with Gasteiger partial charge in [-0.05, 0) is 38.4 Å². The van der Waals surface area contributed by atoms with E-state index in [2.05, 4.69) is 39.5 Å². The lowest BCUT2D eigenvalue weighted by Crippen LogP contribution is -2.34. The molecule has 6 heteroatoms. The number of thiazole rings is 1. The first kappa shape index (κ1) is 13.8. The van der Waals surface area contributed by atoms with Crippen LogP contribution in [0.2, 0.25) is 0 Å². The van der Waals surface area contributed by atoms with E-state index in [0.29, 0.717) is 5.92 Å². The number of hydrogen-bond acceptors (Lipinski definition) is 6. The molecule has 3 heterocycles. The second kappa shape index (κ2) is 5.78. The van der Waals surface area contributed by atoms with Crippen LogP contribution in [0.3, 0.4) is 0 Å². The SMILES string of the molecule is Cc1nonc1CN1CCCC(c2nc3ccccc3s2)C1. The van der Waals surface area contributed by atoms with Gasteiger partial charge in [0.05, 0.1) is 15.2 Å². The Labute approximate surface area is 132 Å². The van der Waals surface area contributed by atoms with Crippen molar-refractivity contribution in [3.05, 3.63) is 40.7 Å². The van der Waals surface area contributed by atoms with Crippen molar-refractivity contribution in [3.63, 3.8) is 0 Å². The molecule has 0 saturated carbocycles. The molecule has 1 unspecified atom stereocenters. The maximum atomic E-state index is 4.83. The van der Waals surface area contributed by atoms with Gasteiger partial charge >= 0.3 is 0 Å². The number of aryl methyl sites for hydroxylation is 1. The zero-order valence-electron chi connectivity index (χ0n) is 12.5. The van der Waals surface area contributed by atoms with Gasteiger partial charge in [0, 0.05) is 19.0 Å². The van der Waals surface area contributed by atoms with E-state index in [9.17, 15) is 0 Å². The van der Waals surface area contributed by atoms with Gasteiger partial charge in [-0.25, -0.2) is 9.61 Å². The maximum Gasteiger partial charge on any atom is 0.122 e. The molecular weight excluding hydrogens is 296 g/mol. The van der Waals surface area contributed by atoms with Crippen LogP contribution in [0, 0.1) is 6.92 Å². The Hall–Kier alpha value is -1.79. The fourth-order valence-electron chi connectivity index (χ4n) is 3.07. The van der Waals surface area contributed by atoms with Crippen LogP contribution in [0.25, 0.3) is 10.2 Å². The number of nitrogens with zero attached hydrogens (tertiary/aromatic N) is 4. The van der Waals surface area contributed by atoms with Crippen LogP contribution >= 0.6 is 11.3 Å². The Bertz CT molecular complexity index is 748. The first-order valence-corrected chi connectivity index (χ1v) is 8.47. The standard InChI is InChI=1S/C16H18N4OS/c1-11-14(19-21-18-11)10-20-8-4-5-12(9-20)16-17-13-6-2-3-7-15(13)22-16/h2-3,6-7,12H,4-5,8-10H2,1H3. The minimum atomic E-state index is 0.520. The minimum Gasteiger partial charge on any atom is -0.297 e. The summed E-state index contributed by atoms with van der Waals surface area (Å²) in [7, 11) is 0. The Balaban J connectivity index is 1.51. The van der Waals surface area contributed by atoms with Gasteiger partial charge in [-0.3, -0.25) is 4.90 Å². The van der Waals surface area contributed by atoms with Crippen LogP contribution in [0.4, 0.5) is 0 Å². The van der Waals surface area contributed by atoms with Crippen molar-refractivity contribution in [1.29, 1.82) is 0 Å². The van der Waals surface area contributed by atoms with Gasteiger partial charge in [-0.15, -0.1) is 11.3 Å². The Morgan fingerprint density at radius 2 is 2.23 bits per heavy atom. The van der Waals surface area contributed by atoms with Gasteiger partial charge in [0.2, 0.25) is 0 Å². The monoisotopic (exact) mass is 314 g/mol. The number of para-hydroxylation sites is 1. The summed E-state index contributed by atoms with van der Waals surface area (Å²) in [6, 6.07) is 8.39. The summed E-state index contributed by atoms with van der Waals surface area (Å²) in [5.74, 6) is 0.520. The van der Waals surface area contributed by atoms with Gasteiger partial charge in [0.25, 0.3) is 0 Å². The van der Waals surface area contributed by atoms with Crippen LogP contribution in [0.15, 0.2) is 28.9 Å². The lowest BCUT2D eigenvalue weighted by Gasteiger charge is -2.31. The Morgan fingerprint density at radius 3 is 3.05 bits per heavy atom. The third-order valence-electron chi connectivity index (χ3n) is 4.28. The zero-order valence-corrected chi connectivity index (χ0v) is 13.3. The Morgan fingerprint density at radius 1 is 1.32 bits per heavy atom. The summed E-state index contributed by atoms with van der Waals surface area (Å²) in [6.45, 7) is 4.90.